The normalized spacial score (nSPS) is 18.6. The largest absolute Gasteiger partial charge is 0.378 e. The smallest absolute Gasteiger partial charge is 0.270 e. The molecule has 1 unspecified atom stereocenters. The summed E-state index contributed by atoms with van der Waals surface area (Å²) in [5.41, 5.74) is 1.21. The molecule has 0 saturated carbocycles. The Morgan fingerprint density at radius 1 is 1.24 bits per heavy atom. The molecule has 1 atom stereocenters. The van der Waals surface area contributed by atoms with E-state index in [1.807, 2.05) is 35.2 Å². The Kier molecular flexibility index (Phi) is 7.67. The van der Waals surface area contributed by atoms with Crippen LogP contribution in [0.4, 0.5) is 0 Å². The number of amides is 2. The molecule has 5 heteroatoms. The number of ether oxygens (including phenoxy) is 1. The van der Waals surface area contributed by atoms with Crippen molar-refractivity contribution in [2.45, 2.75) is 45.6 Å². The highest BCUT2D eigenvalue weighted by Gasteiger charge is 2.23. The zero-order valence-electron chi connectivity index (χ0n) is 15.2. The van der Waals surface area contributed by atoms with Crippen molar-refractivity contribution in [1.29, 1.82) is 0 Å². The van der Waals surface area contributed by atoms with E-state index < -0.39 is 0 Å². The Morgan fingerprint density at radius 2 is 2.00 bits per heavy atom. The topological polar surface area (TPSA) is 58.6 Å². The Hall–Kier alpha value is -2.14. The monoisotopic (exact) mass is 344 g/mol. The van der Waals surface area contributed by atoms with E-state index >= 15 is 0 Å². The predicted octanol–water partition coefficient (Wildman–Crippen LogP) is 2.97. The van der Waals surface area contributed by atoms with Crippen molar-refractivity contribution in [2.24, 2.45) is 0 Å². The standard InChI is InChI=1S/C20H28N2O3/c1-3-14-25-18-10-7-12-22(13-11-18)20(24)19(21-16(2)23)15-17-8-5-4-6-9-17/h4-6,8-9,15,18H,3,7,10-14H2,1-2H3,(H,21,23)/b19-15+. The molecule has 0 bridgehead atoms. The molecule has 5 nitrogen and oxygen atoms in total. The first-order valence-electron chi connectivity index (χ1n) is 9.05. The van der Waals surface area contributed by atoms with Gasteiger partial charge in [0.25, 0.3) is 5.91 Å². The van der Waals surface area contributed by atoms with Gasteiger partial charge < -0.3 is 15.0 Å². The average molecular weight is 344 g/mol. The number of nitrogens with zero attached hydrogens (tertiary/aromatic N) is 1. The van der Waals surface area contributed by atoms with Crippen molar-refractivity contribution in [3.05, 3.63) is 41.6 Å². The molecule has 0 aliphatic carbocycles. The van der Waals surface area contributed by atoms with E-state index in [2.05, 4.69) is 12.2 Å². The van der Waals surface area contributed by atoms with Gasteiger partial charge in [-0.15, -0.1) is 0 Å². The maximum atomic E-state index is 12.9. The van der Waals surface area contributed by atoms with Crippen molar-refractivity contribution < 1.29 is 14.3 Å². The van der Waals surface area contributed by atoms with Gasteiger partial charge in [-0.1, -0.05) is 37.3 Å². The Balaban J connectivity index is 2.08. The average Bonchev–Trinajstić information content (AvgIpc) is 2.85. The number of carbonyl (C=O) groups is 2. The third-order valence-electron chi connectivity index (χ3n) is 4.17. The van der Waals surface area contributed by atoms with Crippen LogP contribution in [0, 0.1) is 0 Å². The molecule has 1 aromatic carbocycles. The van der Waals surface area contributed by atoms with E-state index in [1.54, 1.807) is 6.08 Å². The molecule has 0 spiro atoms. The molecule has 1 saturated heterocycles. The van der Waals surface area contributed by atoms with Crippen molar-refractivity contribution in [1.82, 2.24) is 10.2 Å². The molecular formula is C20H28N2O3. The van der Waals surface area contributed by atoms with Crippen molar-refractivity contribution >= 4 is 17.9 Å². The van der Waals surface area contributed by atoms with E-state index in [-0.39, 0.29) is 17.9 Å². The Morgan fingerprint density at radius 3 is 2.68 bits per heavy atom. The third kappa shape index (κ3) is 6.35. The van der Waals surface area contributed by atoms with Crippen molar-refractivity contribution in [2.75, 3.05) is 19.7 Å². The summed E-state index contributed by atoms with van der Waals surface area (Å²) in [5, 5.41) is 2.69. The van der Waals surface area contributed by atoms with Gasteiger partial charge in [0.2, 0.25) is 5.91 Å². The van der Waals surface area contributed by atoms with Crippen LogP contribution < -0.4 is 5.32 Å². The van der Waals surface area contributed by atoms with Crippen molar-refractivity contribution in [3.8, 4) is 0 Å². The molecule has 2 rings (SSSR count). The highest BCUT2D eigenvalue weighted by molar-refractivity contribution is 6.00. The number of benzene rings is 1. The second-order valence-corrected chi connectivity index (χ2v) is 6.37. The van der Waals surface area contributed by atoms with Gasteiger partial charge >= 0.3 is 0 Å². The van der Waals surface area contributed by atoms with E-state index in [4.69, 9.17) is 4.74 Å². The quantitative estimate of drug-likeness (QED) is 0.807. The van der Waals surface area contributed by atoms with Crippen LogP contribution >= 0.6 is 0 Å². The molecule has 2 amide bonds. The van der Waals surface area contributed by atoms with Gasteiger partial charge in [0.05, 0.1) is 6.10 Å². The molecule has 1 heterocycles. The summed E-state index contributed by atoms with van der Waals surface area (Å²) in [5.74, 6) is -0.371. The first-order chi connectivity index (χ1) is 12.1. The summed E-state index contributed by atoms with van der Waals surface area (Å²) >= 11 is 0. The molecule has 1 aliphatic rings. The van der Waals surface area contributed by atoms with Crippen LogP contribution in [0.1, 0.15) is 45.1 Å². The number of hydrogen-bond donors (Lipinski definition) is 1. The van der Waals surface area contributed by atoms with Crippen LogP contribution in [0.25, 0.3) is 6.08 Å². The summed E-state index contributed by atoms with van der Waals surface area (Å²) in [6.45, 7) is 5.63. The number of rotatable bonds is 6. The lowest BCUT2D eigenvalue weighted by Crippen LogP contribution is -2.38. The maximum absolute atomic E-state index is 12.9. The molecule has 1 fully saturated rings. The van der Waals surface area contributed by atoms with Gasteiger partial charge in [-0.25, -0.2) is 0 Å². The molecule has 1 N–H and O–H groups in total. The summed E-state index contributed by atoms with van der Waals surface area (Å²) in [7, 11) is 0. The highest BCUT2D eigenvalue weighted by atomic mass is 16.5. The lowest BCUT2D eigenvalue weighted by molar-refractivity contribution is -0.129. The van der Waals surface area contributed by atoms with Gasteiger partial charge in [0, 0.05) is 26.6 Å². The van der Waals surface area contributed by atoms with E-state index in [9.17, 15) is 9.59 Å². The van der Waals surface area contributed by atoms with Gasteiger partial charge in [-0.05, 0) is 37.3 Å². The van der Waals surface area contributed by atoms with E-state index in [1.165, 1.54) is 6.92 Å². The lowest BCUT2D eigenvalue weighted by Gasteiger charge is -2.22. The first-order valence-corrected chi connectivity index (χ1v) is 9.05. The van der Waals surface area contributed by atoms with Crippen LogP contribution in [0.3, 0.4) is 0 Å². The summed E-state index contributed by atoms with van der Waals surface area (Å²) in [6, 6.07) is 9.55. The summed E-state index contributed by atoms with van der Waals surface area (Å²) in [4.78, 5) is 26.3. The molecule has 0 radical (unpaired) electrons. The van der Waals surface area contributed by atoms with Crippen LogP contribution in [-0.4, -0.2) is 42.5 Å². The molecular weight excluding hydrogens is 316 g/mol. The van der Waals surface area contributed by atoms with E-state index in [0.29, 0.717) is 18.8 Å². The van der Waals surface area contributed by atoms with Crippen LogP contribution in [0.15, 0.2) is 36.0 Å². The van der Waals surface area contributed by atoms with Crippen LogP contribution in [-0.2, 0) is 14.3 Å². The fraction of sp³-hybridized carbons (Fsp3) is 0.500. The minimum atomic E-state index is -0.241. The zero-order chi connectivity index (χ0) is 18.1. The maximum Gasteiger partial charge on any atom is 0.270 e. The third-order valence-corrected chi connectivity index (χ3v) is 4.17. The van der Waals surface area contributed by atoms with Gasteiger partial charge in [0.1, 0.15) is 5.70 Å². The summed E-state index contributed by atoms with van der Waals surface area (Å²) < 4.78 is 5.84. The fourth-order valence-corrected chi connectivity index (χ4v) is 2.95. The number of nitrogens with one attached hydrogen (secondary N) is 1. The molecule has 0 aromatic heterocycles. The number of carbonyl (C=O) groups excluding carboxylic acids is 2. The molecule has 25 heavy (non-hydrogen) atoms. The van der Waals surface area contributed by atoms with E-state index in [0.717, 1.165) is 37.9 Å². The lowest BCUT2D eigenvalue weighted by atomic mass is 10.1. The van der Waals surface area contributed by atoms with Crippen LogP contribution in [0.5, 0.6) is 0 Å². The highest BCUT2D eigenvalue weighted by Crippen LogP contribution is 2.17. The first kappa shape index (κ1) is 19.2. The zero-order valence-corrected chi connectivity index (χ0v) is 15.2. The number of likely N-dealkylation sites (tertiary alicyclic amines) is 1. The molecule has 1 aliphatic heterocycles. The second kappa shape index (κ2) is 9.99. The molecule has 1 aromatic rings. The fourth-order valence-electron chi connectivity index (χ4n) is 2.95. The SMILES string of the molecule is CCCOC1CCCN(C(=O)/C(=C\c2ccccc2)NC(C)=O)CC1. The van der Waals surface area contributed by atoms with Gasteiger partial charge in [0.15, 0.2) is 0 Å². The Labute approximate surface area is 150 Å². The van der Waals surface area contributed by atoms with Crippen molar-refractivity contribution in [3.63, 3.8) is 0 Å². The molecule has 136 valence electrons. The Bertz CT molecular complexity index is 598. The van der Waals surface area contributed by atoms with Gasteiger partial charge in [-0.2, -0.15) is 0 Å². The summed E-state index contributed by atoms with van der Waals surface area (Å²) in [6.07, 6.45) is 5.69. The number of hydrogen-bond acceptors (Lipinski definition) is 3. The predicted molar refractivity (Wildman–Crippen MR) is 98.7 cm³/mol. The minimum absolute atomic E-state index is 0.129. The second-order valence-electron chi connectivity index (χ2n) is 6.37. The minimum Gasteiger partial charge on any atom is -0.378 e. The van der Waals surface area contributed by atoms with Gasteiger partial charge in [-0.3, -0.25) is 9.59 Å². The van der Waals surface area contributed by atoms with Crippen LogP contribution in [0.2, 0.25) is 0 Å².